The Morgan fingerprint density at radius 1 is 1.00 bits per heavy atom. The molecule has 0 bridgehead atoms. The standard InChI is InChI=1S/C18H29N3/c1-2-5-13-8-10-15(11-9-13)18-20-16(12-17(19)21-18)14-6-3-4-7-14/h12-15H,2-11H2,1H3,(H2,19,20,21). The predicted molar refractivity (Wildman–Crippen MR) is 87.3 cm³/mol. The number of anilines is 1. The first kappa shape index (κ1) is 14.8. The van der Waals surface area contributed by atoms with Gasteiger partial charge in [-0.25, -0.2) is 9.97 Å². The van der Waals surface area contributed by atoms with Crippen molar-refractivity contribution in [3.05, 3.63) is 17.6 Å². The fraction of sp³-hybridized carbons (Fsp3) is 0.778. The van der Waals surface area contributed by atoms with Crippen molar-refractivity contribution in [1.29, 1.82) is 0 Å². The van der Waals surface area contributed by atoms with E-state index in [9.17, 15) is 0 Å². The fourth-order valence-electron chi connectivity index (χ4n) is 4.24. The molecule has 0 unspecified atom stereocenters. The van der Waals surface area contributed by atoms with Crippen LogP contribution in [0.15, 0.2) is 6.07 Å². The van der Waals surface area contributed by atoms with Crippen LogP contribution in [0.4, 0.5) is 5.82 Å². The second kappa shape index (κ2) is 6.76. The maximum absolute atomic E-state index is 6.06. The van der Waals surface area contributed by atoms with Crippen molar-refractivity contribution in [2.24, 2.45) is 5.92 Å². The quantitative estimate of drug-likeness (QED) is 0.866. The van der Waals surface area contributed by atoms with Gasteiger partial charge in [-0.1, -0.05) is 32.6 Å². The molecule has 0 radical (unpaired) electrons. The molecule has 2 aliphatic rings. The average Bonchev–Trinajstić information content (AvgIpc) is 3.02. The first-order chi connectivity index (χ1) is 10.3. The van der Waals surface area contributed by atoms with Gasteiger partial charge in [-0.15, -0.1) is 0 Å². The maximum atomic E-state index is 6.06. The molecule has 3 nitrogen and oxygen atoms in total. The van der Waals surface area contributed by atoms with Crippen molar-refractivity contribution in [1.82, 2.24) is 9.97 Å². The summed E-state index contributed by atoms with van der Waals surface area (Å²) in [6.07, 6.45) is 13.1. The van der Waals surface area contributed by atoms with Crippen LogP contribution in [0.1, 0.15) is 94.5 Å². The minimum absolute atomic E-state index is 0.543. The van der Waals surface area contributed by atoms with Gasteiger partial charge in [0.05, 0.1) is 0 Å². The molecule has 2 fully saturated rings. The monoisotopic (exact) mass is 287 g/mol. The van der Waals surface area contributed by atoms with E-state index in [4.69, 9.17) is 10.7 Å². The highest BCUT2D eigenvalue weighted by Gasteiger charge is 2.26. The Kier molecular flexibility index (Phi) is 4.77. The van der Waals surface area contributed by atoms with Crippen molar-refractivity contribution < 1.29 is 0 Å². The van der Waals surface area contributed by atoms with Gasteiger partial charge in [0.15, 0.2) is 0 Å². The zero-order valence-corrected chi connectivity index (χ0v) is 13.4. The summed E-state index contributed by atoms with van der Waals surface area (Å²) in [6, 6.07) is 2.02. The van der Waals surface area contributed by atoms with E-state index in [1.807, 2.05) is 6.07 Å². The van der Waals surface area contributed by atoms with Crippen LogP contribution in [0.25, 0.3) is 0 Å². The first-order valence-corrected chi connectivity index (χ1v) is 8.90. The minimum atomic E-state index is 0.543. The Bertz CT molecular complexity index is 458. The SMILES string of the molecule is CCCC1CCC(c2nc(N)cc(C3CCCC3)n2)CC1. The minimum Gasteiger partial charge on any atom is -0.384 e. The Balaban J connectivity index is 1.70. The zero-order valence-electron chi connectivity index (χ0n) is 13.4. The van der Waals surface area contributed by atoms with Gasteiger partial charge in [0.25, 0.3) is 0 Å². The fourth-order valence-corrected chi connectivity index (χ4v) is 4.24. The molecule has 0 spiro atoms. The van der Waals surface area contributed by atoms with Crippen LogP contribution in [0, 0.1) is 5.92 Å². The first-order valence-electron chi connectivity index (χ1n) is 8.90. The summed E-state index contributed by atoms with van der Waals surface area (Å²) in [7, 11) is 0. The van der Waals surface area contributed by atoms with E-state index in [-0.39, 0.29) is 0 Å². The van der Waals surface area contributed by atoms with Crippen molar-refractivity contribution in [3.63, 3.8) is 0 Å². The molecular formula is C18H29N3. The maximum Gasteiger partial charge on any atom is 0.134 e. The second-order valence-electron chi connectivity index (χ2n) is 7.06. The van der Waals surface area contributed by atoms with Crippen LogP contribution >= 0.6 is 0 Å². The van der Waals surface area contributed by atoms with E-state index in [0.29, 0.717) is 17.7 Å². The Morgan fingerprint density at radius 3 is 2.38 bits per heavy atom. The lowest BCUT2D eigenvalue weighted by Gasteiger charge is -2.27. The number of nitrogens with two attached hydrogens (primary N) is 1. The van der Waals surface area contributed by atoms with Crippen molar-refractivity contribution in [2.75, 3.05) is 5.73 Å². The lowest BCUT2D eigenvalue weighted by Crippen LogP contribution is -2.17. The molecule has 1 heterocycles. The normalized spacial score (nSPS) is 27.1. The summed E-state index contributed by atoms with van der Waals surface area (Å²) in [5.74, 6) is 3.82. The molecule has 2 aliphatic carbocycles. The van der Waals surface area contributed by atoms with Gasteiger partial charge in [0, 0.05) is 23.6 Å². The van der Waals surface area contributed by atoms with Crippen LogP contribution in [0.2, 0.25) is 0 Å². The van der Waals surface area contributed by atoms with Crippen molar-refractivity contribution in [2.45, 2.75) is 83.0 Å². The molecule has 0 aliphatic heterocycles. The van der Waals surface area contributed by atoms with Gasteiger partial charge in [0.1, 0.15) is 11.6 Å². The molecule has 2 N–H and O–H groups in total. The molecule has 0 saturated heterocycles. The predicted octanol–water partition coefficient (Wildman–Crippen LogP) is 4.79. The largest absolute Gasteiger partial charge is 0.384 e. The molecule has 0 aromatic carbocycles. The number of aromatic nitrogens is 2. The van der Waals surface area contributed by atoms with Gasteiger partial charge in [-0.2, -0.15) is 0 Å². The van der Waals surface area contributed by atoms with E-state index < -0.39 is 0 Å². The Morgan fingerprint density at radius 2 is 1.71 bits per heavy atom. The van der Waals surface area contributed by atoms with Crippen LogP contribution in [0.3, 0.4) is 0 Å². The van der Waals surface area contributed by atoms with Gasteiger partial charge in [0.2, 0.25) is 0 Å². The number of nitrogen functional groups attached to an aromatic ring is 1. The van der Waals surface area contributed by atoms with Crippen LogP contribution in [-0.4, -0.2) is 9.97 Å². The molecule has 0 amide bonds. The molecule has 2 saturated carbocycles. The van der Waals surface area contributed by atoms with E-state index in [2.05, 4.69) is 11.9 Å². The molecule has 21 heavy (non-hydrogen) atoms. The Labute approximate surface area is 128 Å². The smallest absolute Gasteiger partial charge is 0.134 e. The van der Waals surface area contributed by atoms with Gasteiger partial charge < -0.3 is 5.73 Å². The van der Waals surface area contributed by atoms with Crippen LogP contribution in [0.5, 0.6) is 0 Å². The summed E-state index contributed by atoms with van der Waals surface area (Å²) >= 11 is 0. The lowest BCUT2D eigenvalue weighted by molar-refractivity contribution is 0.302. The zero-order chi connectivity index (χ0) is 14.7. The third-order valence-corrected chi connectivity index (χ3v) is 5.47. The highest BCUT2D eigenvalue weighted by atomic mass is 15.0. The number of hydrogen-bond acceptors (Lipinski definition) is 3. The summed E-state index contributed by atoms with van der Waals surface area (Å²) in [4.78, 5) is 9.49. The third-order valence-electron chi connectivity index (χ3n) is 5.47. The Hall–Kier alpha value is -1.12. The average molecular weight is 287 g/mol. The van der Waals surface area contributed by atoms with E-state index in [1.54, 1.807) is 0 Å². The summed E-state index contributed by atoms with van der Waals surface area (Å²) in [5.41, 5.74) is 7.27. The molecule has 1 aromatic heterocycles. The topological polar surface area (TPSA) is 51.8 Å². The van der Waals surface area contributed by atoms with E-state index in [0.717, 1.165) is 11.7 Å². The molecule has 3 rings (SSSR count). The second-order valence-corrected chi connectivity index (χ2v) is 7.06. The van der Waals surface area contributed by atoms with Gasteiger partial charge >= 0.3 is 0 Å². The molecular weight excluding hydrogens is 258 g/mol. The van der Waals surface area contributed by atoms with Gasteiger partial charge in [-0.3, -0.25) is 0 Å². The molecule has 116 valence electrons. The summed E-state index contributed by atoms with van der Waals surface area (Å²) < 4.78 is 0. The van der Waals surface area contributed by atoms with Gasteiger partial charge in [-0.05, 0) is 44.4 Å². The van der Waals surface area contributed by atoms with Crippen molar-refractivity contribution in [3.8, 4) is 0 Å². The summed E-state index contributed by atoms with van der Waals surface area (Å²) in [5, 5.41) is 0. The van der Waals surface area contributed by atoms with E-state index >= 15 is 0 Å². The number of hydrogen-bond donors (Lipinski definition) is 1. The third kappa shape index (κ3) is 3.56. The highest BCUT2D eigenvalue weighted by molar-refractivity contribution is 5.32. The highest BCUT2D eigenvalue weighted by Crippen LogP contribution is 2.38. The molecule has 1 aromatic rings. The van der Waals surface area contributed by atoms with E-state index in [1.165, 1.54) is 69.9 Å². The summed E-state index contributed by atoms with van der Waals surface area (Å²) in [6.45, 7) is 2.29. The van der Waals surface area contributed by atoms with Crippen LogP contribution in [-0.2, 0) is 0 Å². The lowest BCUT2D eigenvalue weighted by atomic mass is 9.79. The number of nitrogens with zero attached hydrogens (tertiary/aromatic N) is 2. The molecule has 3 heteroatoms. The van der Waals surface area contributed by atoms with Crippen LogP contribution < -0.4 is 5.73 Å². The van der Waals surface area contributed by atoms with Crippen molar-refractivity contribution >= 4 is 5.82 Å². The number of rotatable bonds is 4. The molecule has 0 atom stereocenters.